The number of nitrogens with one attached hydrogen (secondary N) is 2. The smallest absolute Gasteiger partial charge is 0.251 e. The molecular weight excluding hydrogens is 420 g/mol. The van der Waals surface area contributed by atoms with Gasteiger partial charge in [-0.25, -0.2) is 13.1 Å². The van der Waals surface area contributed by atoms with E-state index in [1.165, 1.54) is 24.3 Å². The van der Waals surface area contributed by atoms with Crippen LogP contribution in [-0.4, -0.2) is 47.4 Å². The van der Waals surface area contributed by atoms with Crippen molar-refractivity contribution in [3.63, 3.8) is 0 Å². The summed E-state index contributed by atoms with van der Waals surface area (Å²) < 4.78 is 43.1. The van der Waals surface area contributed by atoms with Gasteiger partial charge in [0.05, 0.1) is 4.90 Å². The first kappa shape index (κ1) is 21.6. The van der Waals surface area contributed by atoms with Crippen LogP contribution in [0.3, 0.4) is 0 Å². The third-order valence-corrected chi connectivity index (χ3v) is 7.34. The predicted molar refractivity (Wildman–Crippen MR) is 114 cm³/mol. The molecule has 0 aromatic heterocycles. The van der Waals surface area contributed by atoms with Crippen molar-refractivity contribution in [2.24, 2.45) is 0 Å². The number of hydrogen-bond donors (Lipinski definition) is 2. The average molecular weight is 447 g/mol. The number of amides is 1. The minimum atomic E-state index is -3.55. The SMILES string of the molecule is CCNS(=O)(=O)c1ccc(C(=O)NCC2(c3ccc4c(c3)OCO4)CCOCC2)cc1. The summed E-state index contributed by atoms with van der Waals surface area (Å²) in [4.78, 5) is 12.9. The first-order valence-electron chi connectivity index (χ1n) is 10.3. The summed E-state index contributed by atoms with van der Waals surface area (Å²) in [5, 5.41) is 3.03. The molecule has 8 nitrogen and oxygen atoms in total. The summed E-state index contributed by atoms with van der Waals surface area (Å²) in [6.07, 6.45) is 1.54. The summed E-state index contributed by atoms with van der Waals surface area (Å²) >= 11 is 0. The van der Waals surface area contributed by atoms with E-state index in [1.807, 2.05) is 18.2 Å². The number of benzene rings is 2. The maximum absolute atomic E-state index is 12.8. The third-order valence-electron chi connectivity index (χ3n) is 5.78. The third kappa shape index (κ3) is 4.53. The lowest BCUT2D eigenvalue weighted by Crippen LogP contribution is -2.44. The number of ether oxygens (including phenoxy) is 3. The van der Waals surface area contributed by atoms with Crippen molar-refractivity contribution >= 4 is 15.9 Å². The van der Waals surface area contributed by atoms with Crippen molar-refractivity contribution in [2.75, 3.05) is 33.1 Å². The van der Waals surface area contributed by atoms with E-state index >= 15 is 0 Å². The van der Waals surface area contributed by atoms with Gasteiger partial charge in [0.15, 0.2) is 11.5 Å². The molecule has 9 heteroatoms. The van der Waals surface area contributed by atoms with Gasteiger partial charge in [-0.05, 0) is 54.8 Å². The molecule has 1 amide bonds. The van der Waals surface area contributed by atoms with Crippen molar-refractivity contribution in [3.05, 3.63) is 53.6 Å². The molecule has 0 aliphatic carbocycles. The van der Waals surface area contributed by atoms with Gasteiger partial charge in [-0.2, -0.15) is 0 Å². The van der Waals surface area contributed by atoms with Crippen LogP contribution in [0.25, 0.3) is 0 Å². The van der Waals surface area contributed by atoms with Crippen LogP contribution in [0.15, 0.2) is 47.4 Å². The van der Waals surface area contributed by atoms with E-state index in [1.54, 1.807) is 6.92 Å². The summed E-state index contributed by atoms with van der Waals surface area (Å²) in [6.45, 7) is 3.89. The number of sulfonamides is 1. The molecule has 2 aromatic rings. The molecule has 1 fully saturated rings. The quantitative estimate of drug-likeness (QED) is 0.676. The van der Waals surface area contributed by atoms with E-state index in [-0.39, 0.29) is 23.0 Å². The van der Waals surface area contributed by atoms with Crippen LogP contribution in [0.1, 0.15) is 35.7 Å². The lowest BCUT2D eigenvalue weighted by atomic mass is 9.74. The Labute approximate surface area is 181 Å². The Bertz CT molecular complexity index is 1050. The van der Waals surface area contributed by atoms with Gasteiger partial charge >= 0.3 is 0 Å². The molecule has 0 saturated carbocycles. The summed E-state index contributed by atoms with van der Waals surface area (Å²) in [5.74, 6) is 1.19. The fourth-order valence-corrected chi connectivity index (χ4v) is 5.01. The Morgan fingerprint density at radius 3 is 2.45 bits per heavy atom. The molecule has 2 aliphatic rings. The monoisotopic (exact) mass is 446 g/mol. The normalized spacial score (nSPS) is 17.3. The summed E-state index contributed by atoms with van der Waals surface area (Å²) in [6, 6.07) is 11.8. The highest BCUT2D eigenvalue weighted by atomic mass is 32.2. The predicted octanol–water partition coefficient (Wildman–Crippen LogP) is 2.19. The first-order valence-corrected chi connectivity index (χ1v) is 11.8. The van der Waals surface area contributed by atoms with Gasteiger partial charge in [-0.3, -0.25) is 4.79 Å². The average Bonchev–Trinajstić information content (AvgIpc) is 3.26. The zero-order valence-electron chi connectivity index (χ0n) is 17.3. The zero-order chi connectivity index (χ0) is 21.9. The van der Waals surface area contributed by atoms with Crippen LogP contribution in [0.5, 0.6) is 11.5 Å². The first-order chi connectivity index (χ1) is 14.9. The zero-order valence-corrected chi connectivity index (χ0v) is 18.2. The molecule has 0 spiro atoms. The fourth-order valence-electron chi connectivity index (χ4n) is 3.97. The molecule has 0 bridgehead atoms. The van der Waals surface area contributed by atoms with Crippen LogP contribution in [0, 0.1) is 0 Å². The molecule has 0 unspecified atom stereocenters. The Kier molecular flexibility index (Phi) is 6.17. The molecule has 2 heterocycles. The van der Waals surface area contributed by atoms with Crippen LogP contribution in [-0.2, 0) is 20.2 Å². The van der Waals surface area contributed by atoms with Gasteiger partial charge in [0.25, 0.3) is 5.91 Å². The number of rotatable bonds is 7. The molecule has 0 atom stereocenters. The van der Waals surface area contributed by atoms with Crippen LogP contribution >= 0.6 is 0 Å². The molecule has 4 rings (SSSR count). The Balaban J connectivity index is 1.49. The highest BCUT2D eigenvalue weighted by molar-refractivity contribution is 7.89. The molecule has 0 radical (unpaired) electrons. The lowest BCUT2D eigenvalue weighted by molar-refractivity contribution is 0.0486. The van der Waals surface area contributed by atoms with Crippen LogP contribution in [0.4, 0.5) is 0 Å². The number of carbonyl (C=O) groups excluding carboxylic acids is 1. The summed E-state index contributed by atoms with van der Waals surface area (Å²) in [7, 11) is -3.55. The fraction of sp³-hybridized carbons (Fsp3) is 0.409. The van der Waals surface area contributed by atoms with Gasteiger partial charge in [0.1, 0.15) is 0 Å². The lowest BCUT2D eigenvalue weighted by Gasteiger charge is -2.38. The second kappa shape index (κ2) is 8.86. The van der Waals surface area contributed by atoms with E-state index in [2.05, 4.69) is 10.0 Å². The molecule has 2 aromatic carbocycles. The molecule has 2 aliphatic heterocycles. The van der Waals surface area contributed by atoms with Crippen molar-refractivity contribution in [3.8, 4) is 11.5 Å². The minimum absolute atomic E-state index is 0.132. The van der Waals surface area contributed by atoms with E-state index in [9.17, 15) is 13.2 Å². The summed E-state index contributed by atoms with van der Waals surface area (Å²) in [5.41, 5.74) is 1.21. The Morgan fingerprint density at radius 1 is 1.03 bits per heavy atom. The van der Waals surface area contributed by atoms with Crippen LogP contribution < -0.4 is 19.5 Å². The standard InChI is InChI=1S/C22H26N2O6S/c1-2-24-31(26,27)18-6-3-16(4-7-18)21(25)23-14-22(9-11-28-12-10-22)17-5-8-19-20(13-17)30-15-29-19/h3-8,13,24H,2,9-12,14-15H2,1H3,(H,23,25). The second-order valence-electron chi connectivity index (χ2n) is 7.67. The van der Waals surface area contributed by atoms with E-state index in [0.29, 0.717) is 37.6 Å². The number of hydrogen-bond acceptors (Lipinski definition) is 6. The number of fused-ring (bicyclic) bond motifs is 1. The van der Waals surface area contributed by atoms with Gasteiger partial charge < -0.3 is 19.5 Å². The van der Waals surface area contributed by atoms with Gasteiger partial charge in [-0.15, -0.1) is 0 Å². The molecule has 2 N–H and O–H groups in total. The Hall–Kier alpha value is -2.62. The largest absolute Gasteiger partial charge is 0.454 e. The highest BCUT2D eigenvalue weighted by Gasteiger charge is 2.36. The second-order valence-corrected chi connectivity index (χ2v) is 9.44. The van der Waals surface area contributed by atoms with E-state index < -0.39 is 10.0 Å². The molecule has 31 heavy (non-hydrogen) atoms. The highest BCUT2D eigenvalue weighted by Crippen LogP contribution is 2.40. The Morgan fingerprint density at radius 2 is 1.74 bits per heavy atom. The van der Waals surface area contributed by atoms with Crippen molar-refractivity contribution in [2.45, 2.75) is 30.1 Å². The van der Waals surface area contributed by atoms with Crippen molar-refractivity contribution < 1.29 is 27.4 Å². The number of carbonyl (C=O) groups is 1. The molecule has 166 valence electrons. The van der Waals surface area contributed by atoms with Crippen LogP contribution in [0.2, 0.25) is 0 Å². The van der Waals surface area contributed by atoms with Crippen molar-refractivity contribution in [1.29, 1.82) is 0 Å². The maximum Gasteiger partial charge on any atom is 0.251 e. The topological polar surface area (TPSA) is 103 Å². The van der Waals surface area contributed by atoms with E-state index in [0.717, 1.165) is 24.2 Å². The minimum Gasteiger partial charge on any atom is -0.454 e. The molecular formula is C22H26N2O6S. The van der Waals surface area contributed by atoms with Gasteiger partial charge in [0.2, 0.25) is 16.8 Å². The van der Waals surface area contributed by atoms with Crippen molar-refractivity contribution in [1.82, 2.24) is 10.0 Å². The maximum atomic E-state index is 12.8. The van der Waals surface area contributed by atoms with Gasteiger partial charge in [-0.1, -0.05) is 13.0 Å². The van der Waals surface area contributed by atoms with Gasteiger partial charge in [0, 0.05) is 37.3 Å². The molecule has 1 saturated heterocycles. The van der Waals surface area contributed by atoms with E-state index in [4.69, 9.17) is 14.2 Å².